The number of amides is 1. The van der Waals surface area contributed by atoms with E-state index >= 15 is 0 Å². The third-order valence-corrected chi connectivity index (χ3v) is 12.3. The number of nitrogens with zero attached hydrogens (tertiary/aromatic N) is 1. The molecular weight excluding hydrogens is 837 g/mol. The molecule has 12 heteroatoms. The van der Waals surface area contributed by atoms with Gasteiger partial charge in [-0.25, -0.2) is 4.79 Å². The maximum atomic E-state index is 12.8. The van der Waals surface area contributed by atoms with Crippen LogP contribution < -0.4 is 5.32 Å². The molecule has 0 heterocycles. The zero-order valence-corrected chi connectivity index (χ0v) is 43.4. The average molecular weight is 939 g/mol. The molecule has 0 spiro atoms. The van der Waals surface area contributed by atoms with Gasteiger partial charge in [-0.1, -0.05) is 163 Å². The summed E-state index contributed by atoms with van der Waals surface area (Å²) in [4.78, 5) is 65.0. The Morgan fingerprint density at radius 1 is 0.409 bits per heavy atom. The smallest absolute Gasteiger partial charge is 0.407 e. The Morgan fingerprint density at radius 2 is 0.788 bits per heavy atom. The van der Waals surface area contributed by atoms with Crippen molar-refractivity contribution in [3.8, 4) is 0 Å². The van der Waals surface area contributed by atoms with Gasteiger partial charge in [0.15, 0.2) is 0 Å². The van der Waals surface area contributed by atoms with Gasteiger partial charge in [-0.05, 0) is 83.8 Å². The first-order valence-electron chi connectivity index (χ1n) is 27.5. The summed E-state index contributed by atoms with van der Waals surface area (Å²) in [5, 5.41) is 2.77. The summed E-state index contributed by atoms with van der Waals surface area (Å²) in [7, 11) is 0. The molecule has 0 rings (SSSR count). The molecule has 0 aliphatic heterocycles. The standard InChI is InChI=1S/C54H102N2O10/c1-6-11-14-17-20-21-26-34-44-62-50(57)38-32-27-33-40-52(59)64-46-48(47-65-54(61)55-42-35-43-56(9-4)10-5)45-63-51(58)39-30-24-25-31-41-53(60)66-49(36-28-22-18-15-12-7-2)37-29-23-19-16-13-8-3/h48-49H,6-47H2,1-5H3,(H,55,61). The second kappa shape index (κ2) is 48.6. The number of carbonyl (C=O) groups is 5. The first-order valence-corrected chi connectivity index (χ1v) is 27.5. The lowest BCUT2D eigenvalue weighted by Gasteiger charge is -2.19. The summed E-state index contributed by atoms with van der Waals surface area (Å²) in [6.45, 7) is 14.4. The highest BCUT2D eigenvalue weighted by Crippen LogP contribution is 2.19. The van der Waals surface area contributed by atoms with Crippen LogP contribution in [0.2, 0.25) is 0 Å². The zero-order chi connectivity index (χ0) is 48.6. The highest BCUT2D eigenvalue weighted by molar-refractivity contribution is 5.70. The van der Waals surface area contributed by atoms with Gasteiger partial charge in [-0.3, -0.25) is 19.2 Å². The molecule has 1 unspecified atom stereocenters. The van der Waals surface area contributed by atoms with E-state index < -0.39 is 12.0 Å². The van der Waals surface area contributed by atoms with Crippen LogP contribution in [0, 0.1) is 5.92 Å². The van der Waals surface area contributed by atoms with Crippen LogP contribution in [0.4, 0.5) is 4.79 Å². The van der Waals surface area contributed by atoms with Crippen LogP contribution in [0.15, 0.2) is 0 Å². The SMILES string of the molecule is CCCCCCCCCCOC(=O)CCCCCC(=O)OCC(COC(=O)CCCCCCC(=O)OC(CCCCCCCC)CCCCCCCC)COC(=O)NCCCN(CC)CC. The molecule has 1 amide bonds. The number of esters is 4. The van der Waals surface area contributed by atoms with E-state index in [1.165, 1.54) is 103 Å². The van der Waals surface area contributed by atoms with Crippen LogP contribution in [0.25, 0.3) is 0 Å². The Hall–Kier alpha value is -2.89. The third kappa shape index (κ3) is 43.7. The summed E-state index contributed by atoms with van der Waals surface area (Å²) in [5.74, 6) is -1.58. The topological polar surface area (TPSA) is 147 Å². The van der Waals surface area contributed by atoms with Crippen LogP contribution >= 0.6 is 0 Å². The van der Waals surface area contributed by atoms with Gasteiger partial charge in [0, 0.05) is 32.2 Å². The highest BCUT2D eigenvalue weighted by atomic mass is 16.6. The van der Waals surface area contributed by atoms with Gasteiger partial charge >= 0.3 is 30.0 Å². The van der Waals surface area contributed by atoms with Crippen LogP contribution in [-0.4, -0.2) is 93.6 Å². The molecule has 0 aromatic heterocycles. The number of hydrogen-bond acceptors (Lipinski definition) is 11. The summed E-state index contributed by atoms with van der Waals surface area (Å²) in [5.41, 5.74) is 0. The number of unbranched alkanes of at least 4 members (excludes halogenated alkanes) is 22. The fourth-order valence-corrected chi connectivity index (χ4v) is 7.90. The quantitative estimate of drug-likeness (QED) is 0.0353. The number of ether oxygens (including phenoxy) is 5. The largest absolute Gasteiger partial charge is 0.466 e. The molecule has 0 radical (unpaired) electrons. The third-order valence-electron chi connectivity index (χ3n) is 12.3. The van der Waals surface area contributed by atoms with Crippen molar-refractivity contribution in [3.63, 3.8) is 0 Å². The maximum Gasteiger partial charge on any atom is 0.407 e. The van der Waals surface area contributed by atoms with Gasteiger partial charge in [0.05, 0.1) is 12.5 Å². The van der Waals surface area contributed by atoms with Gasteiger partial charge in [-0.2, -0.15) is 0 Å². The van der Waals surface area contributed by atoms with Gasteiger partial charge in [0.25, 0.3) is 0 Å². The van der Waals surface area contributed by atoms with Crippen molar-refractivity contribution < 1.29 is 47.7 Å². The Morgan fingerprint density at radius 3 is 1.26 bits per heavy atom. The minimum atomic E-state index is -0.566. The van der Waals surface area contributed by atoms with Gasteiger partial charge in [0.1, 0.15) is 25.9 Å². The predicted octanol–water partition coefficient (Wildman–Crippen LogP) is 13.5. The average Bonchev–Trinajstić information content (AvgIpc) is 3.31. The van der Waals surface area contributed by atoms with E-state index in [1.54, 1.807) is 0 Å². The molecule has 388 valence electrons. The molecule has 0 bridgehead atoms. The minimum Gasteiger partial charge on any atom is -0.466 e. The van der Waals surface area contributed by atoms with E-state index in [-0.39, 0.29) is 62.6 Å². The molecule has 0 fully saturated rings. The Labute approximate surface area is 404 Å². The van der Waals surface area contributed by atoms with Gasteiger partial charge < -0.3 is 33.9 Å². The van der Waals surface area contributed by atoms with E-state index in [9.17, 15) is 24.0 Å². The second-order valence-corrected chi connectivity index (χ2v) is 18.5. The van der Waals surface area contributed by atoms with Crippen molar-refractivity contribution in [1.82, 2.24) is 10.2 Å². The molecule has 12 nitrogen and oxygen atoms in total. The van der Waals surface area contributed by atoms with Gasteiger partial charge in [0.2, 0.25) is 0 Å². The first-order chi connectivity index (χ1) is 32.2. The van der Waals surface area contributed by atoms with Crippen molar-refractivity contribution in [3.05, 3.63) is 0 Å². The molecule has 0 saturated heterocycles. The fraction of sp³-hybridized carbons (Fsp3) is 0.907. The fourth-order valence-electron chi connectivity index (χ4n) is 7.90. The molecule has 1 N–H and O–H groups in total. The summed E-state index contributed by atoms with van der Waals surface area (Å²) < 4.78 is 27.9. The molecular formula is C54H102N2O10. The highest BCUT2D eigenvalue weighted by Gasteiger charge is 2.19. The van der Waals surface area contributed by atoms with Crippen molar-refractivity contribution in [2.24, 2.45) is 5.92 Å². The molecule has 1 atom stereocenters. The van der Waals surface area contributed by atoms with Crippen molar-refractivity contribution in [2.75, 3.05) is 52.6 Å². The molecule has 0 aliphatic rings. The van der Waals surface area contributed by atoms with E-state index in [2.05, 4.69) is 44.8 Å². The minimum absolute atomic E-state index is 0.0158. The normalized spacial score (nSPS) is 11.7. The first kappa shape index (κ1) is 63.1. The summed E-state index contributed by atoms with van der Waals surface area (Å²) in [6.07, 6.45) is 32.5. The van der Waals surface area contributed by atoms with E-state index in [4.69, 9.17) is 23.7 Å². The van der Waals surface area contributed by atoms with Crippen LogP contribution in [0.3, 0.4) is 0 Å². The molecule has 0 saturated carbocycles. The van der Waals surface area contributed by atoms with Crippen LogP contribution in [0.1, 0.15) is 253 Å². The Bertz CT molecular complexity index is 1130. The van der Waals surface area contributed by atoms with E-state index in [1.807, 2.05) is 0 Å². The lowest BCUT2D eigenvalue weighted by molar-refractivity contribution is -0.151. The van der Waals surface area contributed by atoms with Gasteiger partial charge in [-0.15, -0.1) is 0 Å². The summed E-state index contributed by atoms with van der Waals surface area (Å²) in [6, 6.07) is 0. The number of carbonyl (C=O) groups excluding carboxylic acids is 5. The predicted molar refractivity (Wildman–Crippen MR) is 267 cm³/mol. The molecule has 66 heavy (non-hydrogen) atoms. The van der Waals surface area contributed by atoms with Crippen LogP contribution in [0.5, 0.6) is 0 Å². The Kier molecular flexibility index (Phi) is 46.4. The molecule has 0 aromatic rings. The number of alkyl carbamates (subject to hydrolysis) is 1. The maximum absolute atomic E-state index is 12.8. The van der Waals surface area contributed by atoms with E-state index in [0.717, 1.165) is 83.8 Å². The zero-order valence-electron chi connectivity index (χ0n) is 43.4. The van der Waals surface area contributed by atoms with Crippen molar-refractivity contribution in [1.29, 1.82) is 0 Å². The summed E-state index contributed by atoms with van der Waals surface area (Å²) >= 11 is 0. The monoisotopic (exact) mass is 939 g/mol. The Balaban J connectivity index is 4.65. The van der Waals surface area contributed by atoms with Crippen LogP contribution in [-0.2, 0) is 42.9 Å². The van der Waals surface area contributed by atoms with E-state index in [0.29, 0.717) is 51.7 Å². The lowest BCUT2D eigenvalue weighted by Crippen LogP contribution is -2.32. The number of rotatable bonds is 49. The molecule has 0 aliphatic carbocycles. The second-order valence-electron chi connectivity index (χ2n) is 18.5. The number of nitrogens with one attached hydrogen (secondary N) is 1. The molecule has 0 aromatic carbocycles. The number of hydrogen-bond donors (Lipinski definition) is 1. The van der Waals surface area contributed by atoms with Crippen molar-refractivity contribution >= 4 is 30.0 Å². The van der Waals surface area contributed by atoms with Crippen molar-refractivity contribution in [2.45, 2.75) is 259 Å². The lowest BCUT2D eigenvalue weighted by atomic mass is 10.0.